The van der Waals surface area contributed by atoms with Crippen LogP contribution in [-0.2, 0) is 22.0 Å². The highest BCUT2D eigenvalue weighted by molar-refractivity contribution is 6.30. The molecule has 6 heteroatoms. The lowest BCUT2D eigenvalue weighted by Crippen LogP contribution is -2.24. The highest BCUT2D eigenvalue weighted by Gasteiger charge is 2.45. The first-order valence-electron chi connectivity index (χ1n) is 14.9. The molecule has 0 aliphatic heterocycles. The number of nitrogens with one attached hydrogen (secondary N) is 2. The Kier molecular flexibility index (Phi) is 7.54. The van der Waals surface area contributed by atoms with Crippen LogP contribution < -0.4 is 10.3 Å². The van der Waals surface area contributed by atoms with Gasteiger partial charge in [-0.2, -0.15) is 0 Å². The number of aromatic amines is 1. The van der Waals surface area contributed by atoms with Gasteiger partial charge in [-0.15, -0.1) is 0 Å². The molecule has 222 valence electrons. The van der Waals surface area contributed by atoms with Crippen LogP contribution in [0.1, 0.15) is 108 Å². The molecule has 0 fully saturated rings. The zero-order chi connectivity index (χ0) is 31.4. The Bertz CT molecular complexity index is 1730. The van der Waals surface area contributed by atoms with E-state index in [1.54, 1.807) is 6.07 Å². The van der Waals surface area contributed by atoms with Gasteiger partial charge in [0.15, 0.2) is 23.2 Å². The predicted octanol–water partition coefficient (Wildman–Crippen LogP) is 7.31. The molecule has 0 bridgehead atoms. The molecule has 6 nitrogen and oxygen atoms in total. The van der Waals surface area contributed by atoms with Gasteiger partial charge in [-0.25, -0.2) is 4.98 Å². The minimum atomic E-state index is -0.938. The van der Waals surface area contributed by atoms with E-state index in [2.05, 4.69) is 51.8 Å². The maximum atomic E-state index is 13.5. The number of hydrogen-bond acceptors (Lipinski definition) is 4. The van der Waals surface area contributed by atoms with Gasteiger partial charge in [-0.1, -0.05) is 71.9 Å². The first kappa shape index (κ1) is 30.1. The van der Waals surface area contributed by atoms with E-state index in [0.717, 1.165) is 33.2 Å². The monoisotopic (exact) mass is 577 g/mol. The van der Waals surface area contributed by atoms with E-state index in [4.69, 9.17) is 0 Å². The summed E-state index contributed by atoms with van der Waals surface area (Å²) in [5.41, 5.74) is 6.60. The number of phenols is 1. The van der Waals surface area contributed by atoms with Crippen molar-refractivity contribution < 1.29 is 24.5 Å². The van der Waals surface area contributed by atoms with Crippen molar-refractivity contribution in [3.63, 3.8) is 0 Å². The van der Waals surface area contributed by atoms with Crippen molar-refractivity contribution in [3.05, 3.63) is 99.2 Å². The highest BCUT2D eigenvalue weighted by atomic mass is 16.3. The van der Waals surface area contributed by atoms with E-state index in [1.165, 1.54) is 0 Å². The van der Waals surface area contributed by atoms with Gasteiger partial charge < -0.3 is 10.4 Å². The summed E-state index contributed by atoms with van der Waals surface area (Å²) in [6, 6.07) is 17.0. The molecular weight excluding hydrogens is 536 g/mol. The summed E-state index contributed by atoms with van der Waals surface area (Å²) in [6.07, 6.45) is 0.765. The summed E-state index contributed by atoms with van der Waals surface area (Å²) in [5.74, 6) is -1.16. The number of fused-ring (bicyclic) bond motifs is 2. The lowest BCUT2D eigenvalue weighted by atomic mass is 9.78. The number of pyridine rings is 1. The molecule has 1 aromatic heterocycles. The smallest absolute Gasteiger partial charge is 0.234 e. The summed E-state index contributed by atoms with van der Waals surface area (Å²) in [7, 11) is 0. The van der Waals surface area contributed by atoms with Crippen LogP contribution in [0.15, 0.2) is 54.6 Å². The van der Waals surface area contributed by atoms with E-state index in [0.29, 0.717) is 40.2 Å². The first-order chi connectivity index (χ1) is 20.1. The largest absolute Gasteiger partial charge is 0.507 e. The van der Waals surface area contributed by atoms with Crippen LogP contribution in [0, 0.1) is 13.8 Å². The van der Waals surface area contributed by atoms with Gasteiger partial charge in [0.2, 0.25) is 11.4 Å². The molecule has 1 aliphatic rings. The maximum absolute atomic E-state index is 13.5. The Labute approximate surface area is 253 Å². The fraction of sp³-hybridized carbons (Fsp3) is 0.351. The van der Waals surface area contributed by atoms with Crippen molar-refractivity contribution in [2.24, 2.45) is 0 Å². The number of anilines is 1. The summed E-state index contributed by atoms with van der Waals surface area (Å²) in [4.78, 5) is 43.5. The van der Waals surface area contributed by atoms with E-state index < -0.39 is 5.92 Å². The van der Waals surface area contributed by atoms with Crippen LogP contribution in [0.2, 0.25) is 0 Å². The number of rotatable bonds is 5. The number of H-pyrrole nitrogens is 1. The number of para-hydroxylation sites is 1. The number of amides is 1. The molecule has 5 rings (SSSR count). The van der Waals surface area contributed by atoms with E-state index in [1.807, 2.05) is 62.4 Å². The zero-order valence-electron chi connectivity index (χ0n) is 26.4. The third-order valence-corrected chi connectivity index (χ3v) is 8.46. The fourth-order valence-corrected chi connectivity index (χ4v) is 6.08. The van der Waals surface area contributed by atoms with Crippen LogP contribution in [0.25, 0.3) is 10.9 Å². The molecule has 3 aromatic carbocycles. The third-order valence-electron chi connectivity index (χ3n) is 8.46. The molecular formula is C37H41N2O4+. The van der Waals surface area contributed by atoms with Crippen molar-refractivity contribution in [1.82, 2.24) is 0 Å². The average Bonchev–Trinajstić information content (AvgIpc) is 3.19. The lowest BCUT2D eigenvalue weighted by molar-refractivity contribution is -0.356. The summed E-state index contributed by atoms with van der Waals surface area (Å²) < 4.78 is 0. The molecule has 1 heterocycles. The second-order valence-electron chi connectivity index (χ2n) is 13.9. The Morgan fingerprint density at radius 2 is 1.40 bits per heavy atom. The van der Waals surface area contributed by atoms with Gasteiger partial charge in [0.25, 0.3) is 0 Å². The van der Waals surface area contributed by atoms with Crippen LogP contribution >= 0.6 is 0 Å². The standard InChI is InChI=1S/C37H40N2O4/c1-20-12-13-21(2)30-29(20)34(42)31(35(30)43)26-16-15-23-10-9-11-27(32(23)39-26)38-28(40)17-14-22-18-24(36(3,4)5)33(41)25(19-22)37(6,7)8/h9-13,15-16,18-19,31,41H,14,17H2,1-8H3,(H,38,40)/p+1. The molecule has 3 N–H and O–H groups in total. The lowest BCUT2D eigenvalue weighted by Gasteiger charge is -2.28. The number of aryl methyl sites for hydroxylation is 3. The van der Waals surface area contributed by atoms with E-state index in [-0.39, 0.29) is 34.7 Å². The van der Waals surface area contributed by atoms with Crippen molar-refractivity contribution in [3.8, 4) is 5.75 Å². The van der Waals surface area contributed by atoms with Crippen molar-refractivity contribution in [1.29, 1.82) is 0 Å². The van der Waals surface area contributed by atoms with Gasteiger partial charge in [0.05, 0.1) is 0 Å². The minimum Gasteiger partial charge on any atom is -0.507 e. The molecule has 0 radical (unpaired) electrons. The normalized spacial score (nSPS) is 14.0. The number of ketones is 2. The molecule has 0 saturated carbocycles. The van der Waals surface area contributed by atoms with Crippen LogP contribution in [0.4, 0.5) is 5.69 Å². The molecule has 43 heavy (non-hydrogen) atoms. The highest BCUT2D eigenvalue weighted by Crippen LogP contribution is 2.40. The van der Waals surface area contributed by atoms with Crippen LogP contribution in [0.3, 0.4) is 0 Å². The Hall–Kier alpha value is -4.32. The van der Waals surface area contributed by atoms with E-state index in [9.17, 15) is 19.5 Å². The molecule has 1 amide bonds. The van der Waals surface area contributed by atoms with E-state index >= 15 is 0 Å². The number of aromatic hydroxyl groups is 1. The Morgan fingerprint density at radius 1 is 0.837 bits per heavy atom. The third kappa shape index (κ3) is 5.58. The van der Waals surface area contributed by atoms with Gasteiger partial charge in [0, 0.05) is 29.0 Å². The molecule has 0 spiro atoms. The SMILES string of the molecule is Cc1ccc(C)c2c1C(=O)C(c1ccc3cccc(NC(=O)CCc4cc(C(C)(C)C)c(O)c(C(C)(C)C)c4)c3[nH+]1)C2=O. The number of phenolic OH excluding ortho intramolecular Hbond substituents is 1. The molecule has 1 aliphatic carbocycles. The van der Waals surface area contributed by atoms with Crippen LogP contribution in [-0.4, -0.2) is 22.6 Å². The first-order valence-corrected chi connectivity index (χ1v) is 14.9. The number of carbonyl (C=O) groups excluding carboxylic acids is 3. The number of aromatic nitrogens is 1. The fourth-order valence-electron chi connectivity index (χ4n) is 6.08. The molecule has 0 unspecified atom stereocenters. The Balaban J connectivity index is 1.41. The van der Waals surface area contributed by atoms with Gasteiger partial charge in [-0.05, 0) is 77.1 Å². The van der Waals surface area contributed by atoms with Crippen molar-refractivity contribution in [2.45, 2.75) is 85.0 Å². The maximum Gasteiger partial charge on any atom is 0.234 e. The topological polar surface area (TPSA) is 97.6 Å². The summed E-state index contributed by atoms with van der Waals surface area (Å²) in [5, 5.41) is 14.9. The van der Waals surface area contributed by atoms with Gasteiger partial charge in [-0.3, -0.25) is 14.4 Å². The molecule has 0 saturated heterocycles. The van der Waals surface area contributed by atoms with Gasteiger partial charge in [0.1, 0.15) is 11.4 Å². The van der Waals surface area contributed by atoms with Crippen molar-refractivity contribution in [2.75, 3.05) is 5.32 Å². The number of carbonyl (C=O) groups is 3. The van der Waals surface area contributed by atoms with Crippen molar-refractivity contribution >= 4 is 34.1 Å². The molecule has 4 aromatic rings. The zero-order valence-corrected chi connectivity index (χ0v) is 26.4. The second kappa shape index (κ2) is 10.7. The summed E-state index contributed by atoms with van der Waals surface area (Å²) in [6.45, 7) is 16.2. The second-order valence-corrected chi connectivity index (χ2v) is 13.9. The van der Waals surface area contributed by atoms with Crippen LogP contribution in [0.5, 0.6) is 5.75 Å². The van der Waals surface area contributed by atoms with Gasteiger partial charge >= 0.3 is 0 Å². The minimum absolute atomic E-state index is 0.152. The average molecular weight is 578 g/mol. The quantitative estimate of drug-likeness (QED) is 0.243. The predicted molar refractivity (Wildman–Crippen MR) is 170 cm³/mol. The number of Topliss-reactive ketones (excluding diaryl/α,β-unsaturated/α-hetero) is 2. The Morgan fingerprint density at radius 3 is 1.93 bits per heavy atom. The summed E-state index contributed by atoms with van der Waals surface area (Å²) >= 11 is 0. The number of hydrogen-bond donors (Lipinski definition) is 2. The molecule has 0 atom stereocenters. The number of benzene rings is 3.